The molecule has 0 amide bonds. The molecule has 0 saturated heterocycles. The molecule has 0 aliphatic heterocycles. The van der Waals surface area contributed by atoms with E-state index in [2.05, 4.69) is 10.2 Å². The minimum atomic E-state index is -4.69. The summed E-state index contributed by atoms with van der Waals surface area (Å²) in [7, 11) is -4.49. The van der Waals surface area contributed by atoms with Crippen LogP contribution in [0.4, 0.5) is 18.9 Å². The van der Waals surface area contributed by atoms with E-state index in [1.54, 1.807) is 6.92 Å². The van der Waals surface area contributed by atoms with Gasteiger partial charge in [0, 0.05) is 0 Å². The van der Waals surface area contributed by atoms with Crippen molar-refractivity contribution in [1.82, 2.24) is 10.2 Å². The number of hydrogen-bond donors (Lipinski definition) is 2. The zero-order valence-electron chi connectivity index (χ0n) is 15.0. The standard InChI is InChI=1S/C16H18F3N3O5S/c1-3-7-27-13-6-5-10(16(17,18)19)8-12(13)22-28(24,25)14-11(9-20-21-14)15(23)26-4-2/h5-6,8-9,22H,3-4,7H2,1-2H3,(H,20,21). The smallest absolute Gasteiger partial charge is 0.416 e. The van der Waals surface area contributed by atoms with Gasteiger partial charge in [0.15, 0.2) is 5.03 Å². The molecule has 0 unspecified atom stereocenters. The van der Waals surface area contributed by atoms with Gasteiger partial charge in [0.05, 0.1) is 30.7 Å². The number of ether oxygens (including phenoxy) is 2. The molecule has 12 heteroatoms. The maximum absolute atomic E-state index is 13.0. The summed E-state index contributed by atoms with van der Waals surface area (Å²) in [5.74, 6) is -1.03. The van der Waals surface area contributed by atoms with Gasteiger partial charge in [0.25, 0.3) is 10.0 Å². The first-order chi connectivity index (χ1) is 13.1. The number of anilines is 1. The first-order valence-corrected chi connectivity index (χ1v) is 9.65. The summed E-state index contributed by atoms with van der Waals surface area (Å²) in [6, 6.07) is 2.42. The summed E-state index contributed by atoms with van der Waals surface area (Å²) in [6.07, 6.45) is -3.18. The highest BCUT2D eigenvalue weighted by Crippen LogP contribution is 2.36. The summed E-state index contributed by atoms with van der Waals surface area (Å²) in [5.41, 5.74) is -1.87. The fraction of sp³-hybridized carbons (Fsp3) is 0.375. The third kappa shape index (κ3) is 4.94. The number of carbonyl (C=O) groups excluding carboxylic acids is 1. The van der Waals surface area contributed by atoms with Crippen LogP contribution in [0, 0.1) is 0 Å². The lowest BCUT2D eigenvalue weighted by Crippen LogP contribution is -2.19. The molecule has 0 saturated carbocycles. The Morgan fingerprint density at radius 2 is 2.00 bits per heavy atom. The number of aromatic amines is 1. The number of aromatic nitrogens is 2. The van der Waals surface area contributed by atoms with E-state index in [1.165, 1.54) is 6.92 Å². The van der Waals surface area contributed by atoms with E-state index in [0.29, 0.717) is 12.5 Å². The largest absolute Gasteiger partial charge is 0.491 e. The van der Waals surface area contributed by atoms with Gasteiger partial charge in [-0.15, -0.1) is 0 Å². The SMILES string of the molecule is CCCOc1ccc(C(F)(F)F)cc1NS(=O)(=O)c1[nH]ncc1C(=O)OCC. The van der Waals surface area contributed by atoms with Gasteiger partial charge in [-0.05, 0) is 31.5 Å². The van der Waals surface area contributed by atoms with E-state index >= 15 is 0 Å². The van der Waals surface area contributed by atoms with Gasteiger partial charge in [-0.25, -0.2) is 4.79 Å². The van der Waals surface area contributed by atoms with E-state index in [4.69, 9.17) is 9.47 Å². The number of benzene rings is 1. The molecule has 0 aliphatic rings. The van der Waals surface area contributed by atoms with Gasteiger partial charge in [-0.1, -0.05) is 6.92 Å². The Morgan fingerprint density at radius 3 is 2.61 bits per heavy atom. The number of halogens is 3. The molecule has 2 rings (SSSR count). The average Bonchev–Trinajstić information content (AvgIpc) is 3.10. The maximum Gasteiger partial charge on any atom is 0.416 e. The van der Waals surface area contributed by atoms with E-state index in [0.717, 1.165) is 18.3 Å². The van der Waals surface area contributed by atoms with Crippen LogP contribution in [0.15, 0.2) is 29.4 Å². The molecule has 0 radical (unpaired) electrons. The second-order valence-corrected chi connectivity index (χ2v) is 7.12. The highest BCUT2D eigenvalue weighted by atomic mass is 32.2. The average molecular weight is 421 g/mol. The molecule has 1 heterocycles. The van der Waals surface area contributed by atoms with Crippen molar-refractivity contribution in [3.63, 3.8) is 0 Å². The van der Waals surface area contributed by atoms with Crippen molar-refractivity contribution >= 4 is 21.7 Å². The summed E-state index contributed by atoms with van der Waals surface area (Å²) in [6.45, 7) is 3.48. The number of hydrogen-bond acceptors (Lipinski definition) is 6. The molecule has 154 valence electrons. The molecular weight excluding hydrogens is 403 g/mol. The molecule has 1 aromatic carbocycles. The Labute approximate surface area is 159 Å². The third-order valence-electron chi connectivity index (χ3n) is 3.38. The molecule has 28 heavy (non-hydrogen) atoms. The topological polar surface area (TPSA) is 110 Å². The molecule has 0 spiro atoms. The summed E-state index contributed by atoms with van der Waals surface area (Å²) in [5, 5.41) is 5.02. The summed E-state index contributed by atoms with van der Waals surface area (Å²) >= 11 is 0. The zero-order valence-corrected chi connectivity index (χ0v) is 15.8. The fourth-order valence-electron chi connectivity index (χ4n) is 2.15. The van der Waals surface area contributed by atoms with Gasteiger partial charge in [0.1, 0.15) is 11.3 Å². The van der Waals surface area contributed by atoms with Gasteiger partial charge in [-0.3, -0.25) is 9.82 Å². The van der Waals surface area contributed by atoms with Gasteiger partial charge >= 0.3 is 12.1 Å². The Morgan fingerprint density at radius 1 is 1.29 bits per heavy atom. The molecule has 1 aromatic heterocycles. The van der Waals surface area contributed by atoms with Crippen LogP contribution in [-0.4, -0.2) is 37.8 Å². The lowest BCUT2D eigenvalue weighted by molar-refractivity contribution is -0.137. The van der Waals surface area contributed by atoms with Crippen LogP contribution in [0.5, 0.6) is 5.75 Å². The van der Waals surface area contributed by atoms with Crippen LogP contribution in [0.1, 0.15) is 36.2 Å². The monoisotopic (exact) mass is 421 g/mol. The second-order valence-electron chi connectivity index (χ2n) is 5.50. The van der Waals surface area contributed by atoms with Crippen molar-refractivity contribution in [2.45, 2.75) is 31.5 Å². The van der Waals surface area contributed by atoms with Gasteiger partial charge in [-0.2, -0.15) is 26.7 Å². The van der Waals surface area contributed by atoms with E-state index < -0.39 is 38.4 Å². The van der Waals surface area contributed by atoms with Crippen molar-refractivity contribution in [2.24, 2.45) is 0 Å². The predicted octanol–water partition coefficient (Wildman–Crippen LogP) is 3.19. The van der Waals surface area contributed by atoms with E-state index in [1.807, 2.05) is 4.72 Å². The Hall–Kier alpha value is -2.76. The van der Waals surface area contributed by atoms with Crippen LogP contribution in [0.2, 0.25) is 0 Å². The van der Waals surface area contributed by atoms with Crippen LogP contribution >= 0.6 is 0 Å². The van der Waals surface area contributed by atoms with Crippen molar-refractivity contribution in [3.8, 4) is 5.75 Å². The number of sulfonamides is 1. The Kier molecular flexibility index (Phi) is 6.54. The van der Waals surface area contributed by atoms with Crippen molar-refractivity contribution in [1.29, 1.82) is 0 Å². The lowest BCUT2D eigenvalue weighted by atomic mass is 10.2. The van der Waals surface area contributed by atoms with Crippen molar-refractivity contribution in [2.75, 3.05) is 17.9 Å². The Balaban J connectivity index is 2.45. The van der Waals surface area contributed by atoms with Crippen LogP contribution in [0.25, 0.3) is 0 Å². The van der Waals surface area contributed by atoms with Gasteiger partial charge in [0.2, 0.25) is 0 Å². The molecule has 0 fully saturated rings. The molecule has 0 aliphatic carbocycles. The molecule has 2 aromatic rings. The van der Waals surface area contributed by atoms with Crippen LogP contribution < -0.4 is 9.46 Å². The molecular formula is C16H18F3N3O5S. The quantitative estimate of drug-likeness (QED) is 0.634. The van der Waals surface area contributed by atoms with Crippen LogP contribution in [-0.2, 0) is 20.9 Å². The Bertz CT molecular complexity index is 941. The highest BCUT2D eigenvalue weighted by Gasteiger charge is 2.33. The number of rotatable bonds is 8. The summed E-state index contributed by atoms with van der Waals surface area (Å²) < 4.78 is 76.4. The number of carbonyl (C=O) groups is 1. The van der Waals surface area contributed by atoms with Gasteiger partial charge < -0.3 is 9.47 Å². The fourth-order valence-corrected chi connectivity index (χ4v) is 3.30. The van der Waals surface area contributed by atoms with Crippen molar-refractivity contribution in [3.05, 3.63) is 35.5 Å². The molecule has 0 bridgehead atoms. The molecule has 2 N–H and O–H groups in total. The number of esters is 1. The highest BCUT2D eigenvalue weighted by molar-refractivity contribution is 7.92. The van der Waals surface area contributed by atoms with E-state index in [-0.39, 0.29) is 24.5 Å². The number of H-pyrrole nitrogens is 1. The minimum absolute atomic E-state index is 0.000433. The number of nitrogens with zero attached hydrogens (tertiary/aromatic N) is 1. The minimum Gasteiger partial charge on any atom is -0.491 e. The number of nitrogens with one attached hydrogen (secondary N) is 2. The first kappa shape index (κ1) is 21.5. The normalized spacial score (nSPS) is 11.9. The molecule has 0 atom stereocenters. The lowest BCUT2D eigenvalue weighted by Gasteiger charge is -2.16. The molecule has 8 nitrogen and oxygen atoms in total. The predicted molar refractivity (Wildman–Crippen MR) is 92.6 cm³/mol. The number of alkyl halides is 3. The van der Waals surface area contributed by atoms with Crippen LogP contribution in [0.3, 0.4) is 0 Å². The summed E-state index contributed by atoms with van der Waals surface area (Å²) in [4.78, 5) is 11.9. The van der Waals surface area contributed by atoms with Crippen molar-refractivity contribution < 1.29 is 35.9 Å². The zero-order chi connectivity index (χ0) is 20.9. The maximum atomic E-state index is 13.0. The first-order valence-electron chi connectivity index (χ1n) is 8.17. The third-order valence-corrected chi connectivity index (χ3v) is 4.72. The van der Waals surface area contributed by atoms with E-state index in [9.17, 15) is 26.4 Å². The second kappa shape index (κ2) is 8.50.